The topological polar surface area (TPSA) is 66.7 Å². The SMILES string of the molecule is O=C(Nc1c(F)cccc1F)c1nc(C(=O)N2CCCCCC2)n2ccccc12. The lowest BCUT2D eigenvalue weighted by Crippen LogP contribution is -2.33. The zero-order valence-electron chi connectivity index (χ0n) is 15.7. The quantitative estimate of drug-likeness (QED) is 0.728. The van der Waals surface area contributed by atoms with Crippen molar-refractivity contribution in [3.63, 3.8) is 0 Å². The molecule has 0 unspecified atom stereocenters. The number of fused-ring (bicyclic) bond motifs is 1. The predicted molar refractivity (Wildman–Crippen MR) is 104 cm³/mol. The molecule has 0 saturated carbocycles. The first-order valence-electron chi connectivity index (χ1n) is 9.58. The van der Waals surface area contributed by atoms with Gasteiger partial charge in [0.05, 0.1) is 5.52 Å². The van der Waals surface area contributed by atoms with Gasteiger partial charge < -0.3 is 10.2 Å². The first-order valence-corrected chi connectivity index (χ1v) is 9.58. The number of carbonyl (C=O) groups excluding carboxylic acids is 2. The minimum absolute atomic E-state index is 0.0635. The van der Waals surface area contributed by atoms with Crippen molar-refractivity contribution in [3.05, 3.63) is 65.7 Å². The third-order valence-electron chi connectivity index (χ3n) is 5.05. The average Bonchev–Trinajstić information content (AvgIpc) is 2.90. The fourth-order valence-electron chi connectivity index (χ4n) is 3.56. The van der Waals surface area contributed by atoms with Crippen LogP contribution in [0.3, 0.4) is 0 Å². The van der Waals surface area contributed by atoms with Crippen LogP contribution in [0.1, 0.15) is 46.8 Å². The Hall–Kier alpha value is -3.29. The third-order valence-corrected chi connectivity index (χ3v) is 5.05. The molecule has 1 fully saturated rings. The molecule has 8 heteroatoms. The summed E-state index contributed by atoms with van der Waals surface area (Å²) >= 11 is 0. The Labute approximate surface area is 166 Å². The third kappa shape index (κ3) is 3.70. The molecule has 6 nitrogen and oxygen atoms in total. The maximum Gasteiger partial charge on any atom is 0.290 e. The molecule has 1 aromatic carbocycles. The number of halogens is 2. The average molecular weight is 398 g/mol. The normalized spacial score (nSPS) is 14.6. The number of imidazole rings is 1. The predicted octanol–water partition coefficient (Wildman–Crippen LogP) is 3.88. The zero-order valence-corrected chi connectivity index (χ0v) is 15.7. The highest BCUT2D eigenvalue weighted by atomic mass is 19.1. The first kappa shape index (κ1) is 19.0. The fraction of sp³-hybridized carbons (Fsp3) is 0.286. The molecular weight excluding hydrogens is 378 g/mol. The molecule has 3 heterocycles. The number of benzene rings is 1. The minimum atomic E-state index is -0.886. The summed E-state index contributed by atoms with van der Waals surface area (Å²) in [5.41, 5.74) is -0.221. The molecular formula is C21H20F2N4O2. The molecule has 3 aromatic rings. The molecule has 0 bridgehead atoms. The van der Waals surface area contributed by atoms with Crippen molar-refractivity contribution in [1.82, 2.24) is 14.3 Å². The highest BCUT2D eigenvalue weighted by Gasteiger charge is 2.26. The number of pyridine rings is 1. The first-order chi connectivity index (χ1) is 14.1. The van der Waals surface area contributed by atoms with Gasteiger partial charge in [-0.2, -0.15) is 0 Å². The molecule has 1 saturated heterocycles. The van der Waals surface area contributed by atoms with E-state index in [1.54, 1.807) is 33.7 Å². The van der Waals surface area contributed by atoms with Gasteiger partial charge in [-0.1, -0.05) is 25.0 Å². The molecule has 1 aliphatic heterocycles. The van der Waals surface area contributed by atoms with Crippen LogP contribution < -0.4 is 5.32 Å². The Balaban J connectivity index is 1.70. The van der Waals surface area contributed by atoms with Gasteiger partial charge in [-0.15, -0.1) is 0 Å². The Morgan fingerprint density at radius 3 is 2.31 bits per heavy atom. The van der Waals surface area contributed by atoms with E-state index in [4.69, 9.17) is 0 Å². The molecule has 0 radical (unpaired) electrons. The number of hydrogen-bond acceptors (Lipinski definition) is 3. The lowest BCUT2D eigenvalue weighted by Gasteiger charge is -2.19. The van der Waals surface area contributed by atoms with Gasteiger partial charge in [0.15, 0.2) is 5.69 Å². The molecule has 0 aliphatic carbocycles. The Morgan fingerprint density at radius 1 is 0.931 bits per heavy atom. The van der Waals surface area contributed by atoms with Crippen molar-refractivity contribution in [2.75, 3.05) is 18.4 Å². The van der Waals surface area contributed by atoms with E-state index in [1.807, 2.05) is 0 Å². The van der Waals surface area contributed by atoms with Crippen molar-refractivity contribution in [2.45, 2.75) is 25.7 Å². The summed E-state index contributed by atoms with van der Waals surface area (Å²) in [5, 5.41) is 2.24. The van der Waals surface area contributed by atoms with E-state index in [9.17, 15) is 18.4 Å². The number of likely N-dealkylation sites (tertiary alicyclic amines) is 1. The van der Waals surface area contributed by atoms with Gasteiger partial charge in [-0.25, -0.2) is 13.8 Å². The van der Waals surface area contributed by atoms with E-state index in [0.29, 0.717) is 18.6 Å². The monoisotopic (exact) mass is 398 g/mol. The standard InChI is InChI=1S/C21H20F2N4O2/c22-14-8-7-9-15(23)17(14)25-20(28)18-16-10-3-6-13-27(16)19(24-18)21(29)26-11-4-1-2-5-12-26/h3,6-10,13H,1-2,4-5,11-12H2,(H,25,28). The van der Waals surface area contributed by atoms with Crippen molar-refractivity contribution >= 4 is 23.0 Å². The molecule has 0 atom stereocenters. The highest BCUT2D eigenvalue weighted by molar-refractivity contribution is 6.09. The molecule has 1 aliphatic rings. The van der Waals surface area contributed by atoms with Crippen LogP contribution in [0.2, 0.25) is 0 Å². The minimum Gasteiger partial charge on any atom is -0.336 e. The van der Waals surface area contributed by atoms with Gasteiger partial charge in [0.25, 0.3) is 11.8 Å². The second kappa shape index (κ2) is 7.98. The molecule has 0 spiro atoms. The summed E-state index contributed by atoms with van der Waals surface area (Å²) in [6.07, 6.45) is 5.65. The van der Waals surface area contributed by atoms with Crippen LogP contribution in [0.5, 0.6) is 0 Å². The summed E-state index contributed by atoms with van der Waals surface area (Å²) < 4.78 is 29.4. The molecule has 2 amide bonds. The van der Waals surface area contributed by atoms with Gasteiger partial charge >= 0.3 is 0 Å². The summed E-state index contributed by atoms with van der Waals surface area (Å²) in [6, 6.07) is 8.39. The van der Waals surface area contributed by atoms with Crippen molar-refractivity contribution in [1.29, 1.82) is 0 Å². The van der Waals surface area contributed by atoms with E-state index in [-0.39, 0.29) is 17.4 Å². The number of rotatable bonds is 3. The van der Waals surface area contributed by atoms with Gasteiger partial charge in [0, 0.05) is 19.3 Å². The fourth-order valence-corrected chi connectivity index (χ4v) is 3.56. The maximum absolute atomic E-state index is 13.9. The van der Waals surface area contributed by atoms with Crippen LogP contribution in [0.4, 0.5) is 14.5 Å². The Bertz CT molecular complexity index is 1050. The second-order valence-corrected chi connectivity index (χ2v) is 7.00. The van der Waals surface area contributed by atoms with Gasteiger partial charge in [0.2, 0.25) is 5.82 Å². The van der Waals surface area contributed by atoms with Crippen molar-refractivity contribution in [2.24, 2.45) is 0 Å². The second-order valence-electron chi connectivity index (χ2n) is 7.00. The number of carbonyl (C=O) groups is 2. The van der Waals surface area contributed by atoms with Crippen LogP contribution in [-0.4, -0.2) is 39.2 Å². The Morgan fingerprint density at radius 2 is 1.62 bits per heavy atom. The van der Waals surface area contributed by atoms with E-state index < -0.39 is 23.2 Å². The van der Waals surface area contributed by atoms with E-state index in [2.05, 4.69) is 10.3 Å². The molecule has 150 valence electrons. The largest absolute Gasteiger partial charge is 0.336 e. The smallest absolute Gasteiger partial charge is 0.290 e. The van der Waals surface area contributed by atoms with Gasteiger partial charge in [0.1, 0.15) is 17.3 Å². The molecule has 29 heavy (non-hydrogen) atoms. The summed E-state index contributed by atoms with van der Waals surface area (Å²) in [4.78, 5) is 31.8. The maximum atomic E-state index is 13.9. The summed E-state index contributed by atoms with van der Waals surface area (Å²) in [7, 11) is 0. The number of nitrogens with zero attached hydrogens (tertiary/aromatic N) is 3. The van der Waals surface area contributed by atoms with Crippen molar-refractivity contribution in [3.8, 4) is 0 Å². The van der Waals surface area contributed by atoms with E-state index in [1.165, 1.54) is 6.07 Å². The number of amides is 2. The van der Waals surface area contributed by atoms with Gasteiger partial charge in [-0.3, -0.25) is 14.0 Å². The van der Waals surface area contributed by atoms with Crippen LogP contribution in [0.15, 0.2) is 42.6 Å². The lowest BCUT2D eigenvalue weighted by atomic mass is 10.2. The number of aromatic nitrogens is 2. The number of para-hydroxylation sites is 1. The highest BCUT2D eigenvalue weighted by Crippen LogP contribution is 2.22. The van der Waals surface area contributed by atoms with Crippen LogP contribution >= 0.6 is 0 Å². The Kier molecular flexibility index (Phi) is 5.24. The van der Waals surface area contributed by atoms with Gasteiger partial charge in [-0.05, 0) is 37.1 Å². The summed E-state index contributed by atoms with van der Waals surface area (Å²) in [5.74, 6) is -2.70. The number of hydrogen-bond donors (Lipinski definition) is 1. The van der Waals surface area contributed by atoms with Crippen LogP contribution in [-0.2, 0) is 0 Å². The molecule has 2 aromatic heterocycles. The molecule has 4 rings (SSSR count). The van der Waals surface area contributed by atoms with Crippen LogP contribution in [0, 0.1) is 11.6 Å². The van der Waals surface area contributed by atoms with Crippen molar-refractivity contribution < 1.29 is 18.4 Å². The van der Waals surface area contributed by atoms with E-state index >= 15 is 0 Å². The number of nitrogens with one attached hydrogen (secondary N) is 1. The number of anilines is 1. The van der Waals surface area contributed by atoms with Crippen LogP contribution in [0.25, 0.3) is 5.52 Å². The van der Waals surface area contributed by atoms with E-state index in [0.717, 1.165) is 37.8 Å². The lowest BCUT2D eigenvalue weighted by molar-refractivity contribution is 0.0748. The molecule has 1 N–H and O–H groups in total. The zero-order chi connectivity index (χ0) is 20.4. The summed E-state index contributed by atoms with van der Waals surface area (Å²) in [6.45, 7) is 1.28.